The van der Waals surface area contributed by atoms with Crippen molar-refractivity contribution >= 4 is 11.9 Å². The van der Waals surface area contributed by atoms with Crippen LogP contribution in [0.2, 0.25) is 0 Å². The Morgan fingerprint density at radius 1 is 1.33 bits per heavy atom. The minimum atomic E-state index is -0.671. The maximum atomic E-state index is 11.5. The first-order valence-corrected chi connectivity index (χ1v) is 5.13. The minimum Gasteiger partial charge on any atom is -0.386 e. The van der Waals surface area contributed by atoms with Gasteiger partial charge in [-0.25, -0.2) is 9.59 Å². The first-order valence-electron chi connectivity index (χ1n) is 5.13. The van der Waals surface area contributed by atoms with E-state index in [0.29, 0.717) is 12.0 Å². The third kappa shape index (κ3) is 2.17. The summed E-state index contributed by atoms with van der Waals surface area (Å²) in [6, 6.07) is 4.79. The molecule has 1 aromatic rings. The average Bonchev–Trinajstić information content (AvgIpc) is 2.66. The minimum absolute atomic E-state index is 0.207. The van der Waals surface area contributed by atoms with Crippen molar-refractivity contribution in [1.82, 2.24) is 0 Å². The van der Waals surface area contributed by atoms with E-state index in [1.807, 2.05) is 0 Å². The van der Waals surface area contributed by atoms with Gasteiger partial charge < -0.3 is 4.74 Å². The summed E-state index contributed by atoms with van der Waals surface area (Å²) in [5, 5.41) is 3.33. The molecule has 0 unspecified atom stereocenters. The van der Waals surface area contributed by atoms with Crippen LogP contribution in [0, 0.1) is 11.8 Å². The Morgan fingerprint density at radius 3 is 2.94 bits per heavy atom. The SMILES string of the molecule is [N-]=[N+]=NCCC#Cc1cccc2c1C(=O)OC2=O. The summed E-state index contributed by atoms with van der Waals surface area (Å²) in [7, 11) is 0. The molecule has 0 spiro atoms. The van der Waals surface area contributed by atoms with Gasteiger partial charge in [-0.2, -0.15) is 0 Å². The van der Waals surface area contributed by atoms with E-state index in [1.54, 1.807) is 12.1 Å². The Kier molecular flexibility index (Phi) is 3.28. The summed E-state index contributed by atoms with van der Waals surface area (Å²) >= 11 is 0. The van der Waals surface area contributed by atoms with Crippen molar-refractivity contribution in [3.05, 3.63) is 45.3 Å². The molecular weight excluding hydrogens is 234 g/mol. The van der Waals surface area contributed by atoms with Gasteiger partial charge in [0.15, 0.2) is 0 Å². The van der Waals surface area contributed by atoms with Gasteiger partial charge in [0.25, 0.3) is 0 Å². The summed E-state index contributed by atoms with van der Waals surface area (Å²) in [6.45, 7) is 0.266. The molecular formula is C12H7N3O3. The zero-order valence-corrected chi connectivity index (χ0v) is 9.21. The van der Waals surface area contributed by atoms with E-state index in [9.17, 15) is 9.59 Å². The number of azide groups is 1. The highest BCUT2D eigenvalue weighted by atomic mass is 16.6. The summed E-state index contributed by atoms with van der Waals surface area (Å²) in [4.78, 5) is 25.3. The van der Waals surface area contributed by atoms with Crippen LogP contribution in [0.3, 0.4) is 0 Å². The van der Waals surface area contributed by atoms with Gasteiger partial charge in [-0.15, -0.1) is 0 Å². The number of benzene rings is 1. The highest BCUT2D eigenvalue weighted by Crippen LogP contribution is 2.22. The lowest BCUT2D eigenvalue weighted by Crippen LogP contribution is -1.98. The lowest BCUT2D eigenvalue weighted by Gasteiger charge is -1.95. The quantitative estimate of drug-likeness (QED) is 0.151. The molecule has 0 saturated carbocycles. The molecule has 0 amide bonds. The number of cyclic esters (lactones) is 2. The Balaban J connectivity index is 2.28. The number of carbonyl (C=O) groups is 2. The number of nitrogens with zero attached hydrogens (tertiary/aromatic N) is 3. The number of ether oxygens (including phenoxy) is 1. The fourth-order valence-electron chi connectivity index (χ4n) is 1.55. The van der Waals surface area contributed by atoms with E-state index in [2.05, 4.69) is 26.6 Å². The predicted molar refractivity (Wildman–Crippen MR) is 61.7 cm³/mol. The number of carbonyl (C=O) groups excluding carboxylic acids is 2. The molecule has 0 N–H and O–H groups in total. The topological polar surface area (TPSA) is 92.1 Å². The van der Waals surface area contributed by atoms with Crippen molar-refractivity contribution in [2.24, 2.45) is 5.11 Å². The molecule has 88 valence electrons. The largest absolute Gasteiger partial charge is 0.386 e. The molecule has 0 radical (unpaired) electrons. The van der Waals surface area contributed by atoms with E-state index >= 15 is 0 Å². The van der Waals surface area contributed by atoms with E-state index in [1.165, 1.54) is 6.07 Å². The highest BCUT2D eigenvalue weighted by molar-refractivity contribution is 6.15. The standard InChI is InChI=1S/C12H7N3O3/c13-15-14-7-2-1-4-8-5-3-6-9-10(8)12(17)18-11(9)16/h3,5-6H,2,7H2. The third-order valence-corrected chi connectivity index (χ3v) is 2.30. The van der Waals surface area contributed by atoms with Crippen molar-refractivity contribution in [2.75, 3.05) is 6.54 Å². The highest BCUT2D eigenvalue weighted by Gasteiger charge is 2.31. The molecule has 2 rings (SSSR count). The van der Waals surface area contributed by atoms with Crippen molar-refractivity contribution in [3.63, 3.8) is 0 Å². The number of hydrogen-bond acceptors (Lipinski definition) is 4. The lowest BCUT2D eigenvalue weighted by atomic mass is 10.0. The third-order valence-electron chi connectivity index (χ3n) is 2.30. The number of fused-ring (bicyclic) bond motifs is 1. The number of rotatable bonds is 2. The molecule has 0 aromatic heterocycles. The fourth-order valence-corrected chi connectivity index (χ4v) is 1.55. The van der Waals surface area contributed by atoms with Crippen LogP contribution in [0.15, 0.2) is 23.3 Å². The van der Waals surface area contributed by atoms with Crippen molar-refractivity contribution in [1.29, 1.82) is 0 Å². The molecule has 1 heterocycles. The molecule has 0 atom stereocenters. The van der Waals surface area contributed by atoms with Gasteiger partial charge >= 0.3 is 11.9 Å². The van der Waals surface area contributed by atoms with Crippen LogP contribution in [0.4, 0.5) is 0 Å². The van der Waals surface area contributed by atoms with Gasteiger partial charge in [0, 0.05) is 23.4 Å². The summed E-state index contributed by atoms with van der Waals surface area (Å²) in [6.07, 6.45) is 0.386. The van der Waals surface area contributed by atoms with Crippen LogP contribution in [0.1, 0.15) is 32.7 Å². The second-order valence-corrected chi connectivity index (χ2v) is 3.41. The van der Waals surface area contributed by atoms with Gasteiger partial charge in [-0.1, -0.05) is 23.0 Å². The van der Waals surface area contributed by atoms with E-state index < -0.39 is 11.9 Å². The fraction of sp³-hybridized carbons (Fsp3) is 0.167. The van der Waals surface area contributed by atoms with Crippen molar-refractivity contribution in [3.8, 4) is 11.8 Å². The predicted octanol–water partition coefficient (Wildman–Crippen LogP) is 2.05. The lowest BCUT2D eigenvalue weighted by molar-refractivity contribution is 0.0444. The van der Waals surface area contributed by atoms with Crippen molar-refractivity contribution in [2.45, 2.75) is 6.42 Å². The maximum Gasteiger partial charge on any atom is 0.348 e. The van der Waals surface area contributed by atoms with E-state index in [4.69, 9.17) is 5.53 Å². The van der Waals surface area contributed by atoms with Crippen LogP contribution in [-0.2, 0) is 4.74 Å². The average molecular weight is 241 g/mol. The monoisotopic (exact) mass is 241 g/mol. The number of esters is 2. The van der Waals surface area contributed by atoms with Crippen LogP contribution in [0.25, 0.3) is 10.4 Å². The normalized spacial score (nSPS) is 12.0. The summed E-state index contributed by atoms with van der Waals surface area (Å²) in [5.41, 5.74) is 8.98. The Morgan fingerprint density at radius 2 is 2.17 bits per heavy atom. The maximum absolute atomic E-state index is 11.5. The van der Waals surface area contributed by atoms with Gasteiger partial charge in [0.2, 0.25) is 0 Å². The Hall–Kier alpha value is -2.77. The molecule has 0 bridgehead atoms. The second-order valence-electron chi connectivity index (χ2n) is 3.41. The van der Waals surface area contributed by atoms with Gasteiger partial charge in [-0.05, 0) is 17.7 Å². The molecule has 1 aromatic carbocycles. The second kappa shape index (κ2) is 5.04. The molecule has 6 nitrogen and oxygen atoms in total. The van der Waals surface area contributed by atoms with Gasteiger partial charge in [0.1, 0.15) is 0 Å². The Labute approximate surface area is 102 Å². The first kappa shape index (κ1) is 11.7. The molecule has 0 aliphatic carbocycles. The van der Waals surface area contributed by atoms with Gasteiger partial charge in [0.05, 0.1) is 11.1 Å². The Bertz CT molecular complexity index is 634. The molecule has 1 aliphatic rings. The number of hydrogen-bond donors (Lipinski definition) is 0. The summed E-state index contributed by atoms with van der Waals surface area (Å²) in [5.74, 6) is 4.22. The molecule has 6 heteroatoms. The van der Waals surface area contributed by atoms with E-state index in [0.717, 1.165) is 0 Å². The smallest absolute Gasteiger partial charge is 0.348 e. The van der Waals surface area contributed by atoms with Crippen LogP contribution < -0.4 is 0 Å². The van der Waals surface area contributed by atoms with Gasteiger partial charge in [-0.3, -0.25) is 0 Å². The zero-order chi connectivity index (χ0) is 13.0. The molecule has 1 aliphatic heterocycles. The first-order chi connectivity index (χ1) is 8.74. The summed E-state index contributed by atoms with van der Waals surface area (Å²) < 4.78 is 4.50. The van der Waals surface area contributed by atoms with Crippen LogP contribution >= 0.6 is 0 Å². The molecule has 0 saturated heterocycles. The van der Waals surface area contributed by atoms with Crippen LogP contribution in [-0.4, -0.2) is 18.5 Å². The molecule has 18 heavy (non-hydrogen) atoms. The van der Waals surface area contributed by atoms with Crippen molar-refractivity contribution < 1.29 is 14.3 Å². The molecule has 0 fully saturated rings. The van der Waals surface area contributed by atoms with E-state index in [-0.39, 0.29) is 17.7 Å². The zero-order valence-electron chi connectivity index (χ0n) is 9.21. The van der Waals surface area contributed by atoms with Crippen LogP contribution in [0.5, 0.6) is 0 Å².